The molecule has 0 bridgehead atoms. The van der Waals surface area contributed by atoms with Gasteiger partial charge in [0.1, 0.15) is 0 Å². The Hall–Kier alpha value is -0.940. The van der Waals surface area contributed by atoms with E-state index in [-0.39, 0.29) is 5.91 Å². The lowest BCUT2D eigenvalue weighted by Gasteiger charge is -2.27. The number of rotatable bonds is 4. The summed E-state index contributed by atoms with van der Waals surface area (Å²) < 4.78 is 0. The molecule has 1 atom stereocenters. The Bertz CT molecular complexity index is 414. The third kappa shape index (κ3) is 2.80. The highest BCUT2D eigenvalue weighted by Gasteiger charge is 2.28. The number of hydrogen-bond donors (Lipinski definition) is 2. The molecule has 0 spiro atoms. The summed E-state index contributed by atoms with van der Waals surface area (Å²) in [6.07, 6.45) is 0.679. The van der Waals surface area contributed by atoms with Crippen LogP contribution in [0.1, 0.15) is 34.8 Å². The van der Waals surface area contributed by atoms with Gasteiger partial charge in [-0.25, -0.2) is 0 Å². The van der Waals surface area contributed by atoms with E-state index in [9.17, 15) is 4.79 Å². The van der Waals surface area contributed by atoms with Gasteiger partial charge in [0.15, 0.2) is 0 Å². The summed E-state index contributed by atoms with van der Waals surface area (Å²) in [5.74, 6) is -0.116. The van der Waals surface area contributed by atoms with E-state index in [1.165, 1.54) is 11.3 Å². The Kier molecular flexibility index (Phi) is 4.04. The highest BCUT2D eigenvalue weighted by Crippen LogP contribution is 2.17. The minimum atomic E-state index is -0.607. The summed E-state index contributed by atoms with van der Waals surface area (Å²) in [6, 6.07) is 3.73. The van der Waals surface area contributed by atoms with Crippen LogP contribution in [0.2, 0.25) is 0 Å². The molecule has 0 aliphatic heterocycles. The molecular formula is C11H16N2OS2. The molecule has 1 aromatic heterocycles. The molecule has 3 N–H and O–H groups in total. The highest BCUT2D eigenvalue weighted by atomic mass is 32.1. The smallest absolute Gasteiger partial charge is 0.262 e. The largest absolute Gasteiger partial charge is 0.391 e. The van der Waals surface area contributed by atoms with Crippen molar-refractivity contribution < 1.29 is 4.79 Å². The SMILES string of the molecule is CCC(C)(NC(=O)c1ccc(C)s1)C(N)=S. The topological polar surface area (TPSA) is 55.1 Å². The molecule has 1 heterocycles. The molecule has 0 aromatic carbocycles. The molecule has 3 nitrogen and oxygen atoms in total. The predicted octanol–water partition coefficient (Wildman–Crippen LogP) is 2.24. The van der Waals surface area contributed by atoms with Gasteiger partial charge in [-0.2, -0.15) is 0 Å². The van der Waals surface area contributed by atoms with Gasteiger partial charge in [0, 0.05) is 4.88 Å². The van der Waals surface area contributed by atoms with Gasteiger partial charge in [-0.1, -0.05) is 19.1 Å². The minimum absolute atomic E-state index is 0.116. The summed E-state index contributed by atoms with van der Waals surface area (Å²) in [5, 5.41) is 2.88. The average molecular weight is 256 g/mol. The molecule has 5 heteroatoms. The van der Waals surface area contributed by atoms with E-state index in [2.05, 4.69) is 5.32 Å². The Labute approximate surface area is 105 Å². The lowest BCUT2D eigenvalue weighted by molar-refractivity contribution is 0.0930. The van der Waals surface area contributed by atoms with Crippen molar-refractivity contribution in [3.8, 4) is 0 Å². The zero-order valence-corrected chi connectivity index (χ0v) is 11.3. The number of hydrogen-bond acceptors (Lipinski definition) is 3. The Morgan fingerprint density at radius 2 is 2.25 bits per heavy atom. The van der Waals surface area contributed by atoms with Crippen LogP contribution < -0.4 is 11.1 Å². The van der Waals surface area contributed by atoms with Crippen LogP contribution in [0.3, 0.4) is 0 Å². The van der Waals surface area contributed by atoms with E-state index in [0.29, 0.717) is 16.3 Å². The first-order valence-corrected chi connectivity index (χ1v) is 6.30. The van der Waals surface area contributed by atoms with Crippen LogP contribution in [-0.2, 0) is 0 Å². The van der Waals surface area contributed by atoms with Crippen LogP contribution in [0, 0.1) is 6.92 Å². The molecular weight excluding hydrogens is 240 g/mol. The van der Waals surface area contributed by atoms with Gasteiger partial charge in [-0.3, -0.25) is 4.79 Å². The van der Waals surface area contributed by atoms with Crippen molar-refractivity contribution in [2.24, 2.45) is 5.73 Å². The van der Waals surface area contributed by atoms with Crippen molar-refractivity contribution >= 4 is 34.5 Å². The van der Waals surface area contributed by atoms with Crippen LogP contribution in [0.25, 0.3) is 0 Å². The first kappa shape index (κ1) is 13.1. The number of aryl methyl sites for hydroxylation is 1. The van der Waals surface area contributed by atoms with Crippen LogP contribution >= 0.6 is 23.6 Å². The summed E-state index contributed by atoms with van der Waals surface area (Å²) >= 11 is 6.43. The minimum Gasteiger partial charge on any atom is -0.391 e. The van der Waals surface area contributed by atoms with Crippen molar-refractivity contribution in [1.82, 2.24) is 5.32 Å². The van der Waals surface area contributed by atoms with Crippen LogP contribution in [0.15, 0.2) is 12.1 Å². The van der Waals surface area contributed by atoms with Gasteiger partial charge in [0.05, 0.1) is 15.4 Å². The fourth-order valence-electron chi connectivity index (χ4n) is 1.19. The summed E-state index contributed by atoms with van der Waals surface area (Å²) in [7, 11) is 0. The monoisotopic (exact) mass is 256 g/mol. The number of thiocarbonyl (C=S) groups is 1. The summed E-state index contributed by atoms with van der Waals surface area (Å²) in [4.78, 5) is 14.0. The van der Waals surface area contributed by atoms with Crippen molar-refractivity contribution in [3.63, 3.8) is 0 Å². The zero-order valence-electron chi connectivity index (χ0n) is 9.66. The number of carbonyl (C=O) groups excluding carboxylic acids is 1. The van der Waals surface area contributed by atoms with Gasteiger partial charge in [-0.15, -0.1) is 11.3 Å². The maximum Gasteiger partial charge on any atom is 0.262 e. The molecule has 0 fully saturated rings. The number of thiophene rings is 1. The van der Waals surface area contributed by atoms with Crippen LogP contribution in [0.5, 0.6) is 0 Å². The van der Waals surface area contributed by atoms with Crippen molar-refractivity contribution in [2.45, 2.75) is 32.7 Å². The lowest BCUT2D eigenvalue weighted by atomic mass is 9.99. The van der Waals surface area contributed by atoms with Gasteiger partial charge in [-0.05, 0) is 32.4 Å². The molecule has 16 heavy (non-hydrogen) atoms. The lowest BCUT2D eigenvalue weighted by Crippen LogP contribution is -2.53. The Morgan fingerprint density at radius 1 is 1.62 bits per heavy atom. The number of amides is 1. The first-order chi connectivity index (χ1) is 7.39. The highest BCUT2D eigenvalue weighted by molar-refractivity contribution is 7.80. The molecule has 1 aromatic rings. The number of carbonyl (C=O) groups is 1. The number of nitrogens with two attached hydrogens (primary N) is 1. The molecule has 1 unspecified atom stereocenters. The van der Waals surface area contributed by atoms with Crippen molar-refractivity contribution in [2.75, 3.05) is 0 Å². The second-order valence-electron chi connectivity index (χ2n) is 3.91. The molecule has 0 radical (unpaired) electrons. The van der Waals surface area contributed by atoms with E-state index in [0.717, 1.165) is 4.88 Å². The average Bonchev–Trinajstić information content (AvgIpc) is 2.64. The summed E-state index contributed by atoms with van der Waals surface area (Å²) in [6.45, 7) is 5.75. The van der Waals surface area contributed by atoms with E-state index < -0.39 is 5.54 Å². The quantitative estimate of drug-likeness (QED) is 0.812. The second-order valence-corrected chi connectivity index (χ2v) is 5.64. The van der Waals surface area contributed by atoms with Crippen LogP contribution in [0.4, 0.5) is 0 Å². The van der Waals surface area contributed by atoms with E-state index >= 15 is 0 Å². The second kappa shape index (κ2) is 4.93. The fraction of sp³-hybridized carbons (Fsp3) is 0.455. The molecule has 88 valence electrons. The predicted molar refractivity (Wildman–Crippen MR) is 72.0 cm³/mol. The molecule has 0 saturated heterocycles. The number of nitrogens with one attached hydrogen (secondary N) is 1. The van der Waals surface area contributed by atoms with Crippen molar-refractivity contribution in [3.05, 3.63) is 21.9 Å². The molecule has 1 amide bonds. The van der Waals surface area contributed by atoms with Gasteiger partial charge >= 0.3 is 0 Å². The Balaban J connectivity index is 2.81. The third-order valence-electron chi connectivity index (χ3n) is 2.60. The molecule has 0 saturated carbocycles. The molecule has 0 aliphatic carbocycles. The fourth-order valence-corrected chi connectivity index (χ4v) is 2.15. The molecule has 1 rings (SSSR count). The van der Waals surface area contributed by atoms with Gasteiger partial charge < -0.3 is 11.1 Å². The Morgan fingerprint density at radius 3 is 2.62 bits per heavy atom. The van der Waals surface area contributed by atoms with Crippen molar-refractivity contribution in [1.29, 1.82) is 0 Å². The molecule has 0 aliphatic rings. The van der Waals surface area contributed by atoms with E-state index in [4.69, 9.17) is 18.0 Å². The standard InChI is InChI=1S/C11H16N2OS2/c1-4-11(3,10(12)15)13-9(14)8-6-5-7(2)16-8/h5-6H,4H2,1-3H3,(H2,12,15)(H,13,14). The first-order valence-electron chi connectivity index (χ1n) is 5.08. The third-order valence-corrected chi connectivity index (χ3v) is 4.05. The summed E-state index contributed by atoms with van der Waals surface area (Å²) in [5.41, 5.74) is 5.03. The van der Waals surface area contributed by atoms with Crippen LogP contribution in [-0.4, -0.2) is 16.4 Å². The van der Waals surface area contributed by atoms with E-state index in [1.807, 2.05) is 32.9 Å². The van der Waals surface area contributed by atoms with Gasteiger partial charge in [0.25, 0.3) is 5.91 Å². The normalized spacial score (nSPS) is 14.2. The zero-order chi connectivity index (χ0) is 12.3. The van der Waals surface area contributed by atoms with Gasteiger partial charge in [0.2, 0.25) is 0 Å². The van der Waals surface area contributed by atoms with E-state index in [1.54, 1.807) is 0 Å². The maximum absolute atomic E-state index is 11.9. The maximum atomic E-state index is 11.9.